The second-order valence-electron chi connectivity index (χ2n) is 13.7. The summed E-state index contributed by atoms with van der Waals surface area (Å²) in [6, 6.07) is 12.7. The number of hydrogen-bond acceptors (Lipinski definition) is 6. The van der Waals surface area contributed by atoms with Crippen LogP contribution >= 0.6 is 11.6 Å². The summed E-state index contributed by atoms with van der Waals surface area (Å²) in [6.45, 7) is 6.55. The number of fused-ring (bicyclic) bond motifs is 1. The summed E-state index contributed by atoms with van der Waals surface area (Å²) in [4.78, 5) is 4.67. The van der Waals surface area contributed by atoms with E-state index < -0.39 is 20.2 Å². The van der Waals surface area contributed by atoms with E-state index in [1.807, 2.05) is 56.3 Å². The van der Waals surface area contributed by atoms with Gasteiger partial charge in [0.2, 0.25) is 10.0 Å². The van der Waals surface area contributed by atoms with Crippen molar-refractivity contribution < 1.29 is 16.8 Å². The minimum absolute atomic E-state index is 0.199. The minimum atomic E-state index is -3.79. The van der Waals surface area contributed by atoms with Gasteiger partial charge in [-0.15, -0.1) is 0 Å². The molecule has 46 heavy (non-hydrogen) atoms. The van der Waals surface area contributed by atoms with Crippen molar-refractivity contribution in [1.82, 2.24) is 17.8 Å². The SMILES string of the molecule is C[C@H]1CN(S(=O)(=O)c2ccc(N(C)C)cc2)CCCN(CC2CCCCC2)CCCN(S(=O)(=O)N2CCc3c(Cl)cccc3C2)C1. The van der Waals surface area contributed by atoms with E-state index in [0.29, 0.717) is 43.5 Å². The third-order valence-corrected chi connectivity index (χ3v) is 14.0. The Balaban J connectivity index is 1.39. The maximum Gasteiger partial charge on any atom is 0.282 e. The zero-order chi connectivity index (χ0) is 32.9. The highest BCUT2D eigenvalue weighted by atomic mass is 35.5. The van der Waals surface area contributed by atoms with Gasteiger partial charge in [-0.3, -0.25) is 0 Å². The Kier molecular flexibility index (Phi) is 12.1. The Bertz CT molecular complexity index is 1510. The monoisotopic (exact) mass is 693 g/mol. The van der Waals surface area contributed by atoms with Gasteiger partial charge in [0.15, 0.2) is 0 Å². The molecule has 0 radical (unpaired) electrons. The second kappa shape index (κ2) is 15.7. The highest BCUT2D eigenvalue weighted by Gasteiger charge is 2.35. The molecule has 0 unspecified atom stereocenters. The first kappa shape index (κ1) is 35.6. The van der Waals surface area contributed by atoms with Crippen molar-refractivity contribution in [2.75, 3.05) is 71.4 Å². The van der Waals surface area contributed by atoms with Crippen molar-refractivity contribution in [3.8, 4) is 0 Å². The van der Waals surface area contributed by atoms with E-state index in [1.165, 1.54) is 32.1 Å². The van der Waals surface area contributed by atoms with Gasteiger partial charge in [-0.05, 0) is 98.5 Å². The quantitative estimate of drug-likeness (QED) is 0.391. The predicted molar refractivity (Wildman–Crippen MR) is 187 cm³/mol. The smallest absolute Gasteiger partial charge is 0.282 e. The summed E-state index contributed by atoms with van der Waals surface area (Å²) < 4.78 is 61.4. The van der Waals surface area contributed by atoms with Gasteiger partial charge in [0.25, 0.3) is 10.2 Å². The number of rotatable bonds is 7. The first-order valence-corrected chi connectivity index (χ1v) is 20.2. The molecule has 1 atom stereocenters. The van der Waals surface area contributed by atoms with E-state index in [4.69, 9.17) is 11.6 Å². The van der Waals surface area contributed by atoms with Crippen molar-refractivity contribution in [2.45, 2.75) is 69.7 Å². The predicted octanol–water partition coefficient (Wildman–Crippen LogP) is 5.31. The van der Waals surface area contributed by atoms with Crippen LogP contribution in [0.4, 0.5) is 5.69 Å². The molecule has 256 valence electrons. The largest absolute Gasteiger partial charge is 0.378 e. The van der Waals surface area contributed by atoms with Gasteiger partial charge >= 0.3 is 0 Å². The number of hydrogen-bond donors (Lipinski definition) is 0. The van der Waals surface area contributed by atoms with Gasteiger partial charge < -0.3 is 9.80 Å². The van der Waals surface area contributed by atoms with Crippen LogP contribution in [0.5, 0.6) is 0 Å². The molecule has 2 aromatic rings. The molecule has 9 nitrogen and oxygen atoms in total. The molecule has 1 saturated carbocycles. The number of halogens is 1. The van der Waals surface area contributed by atoms with E-state index in [1.54, 1.807) is 25.0 Å². The number of nitrogens with zero attached hydrogens (tertiary/aromatic N) is 5. The lowest BCUT2D eigenvalue weighted by atomic mass is 9.89. The minimum Gasteiger partial charge on any atom is -0.378 e. The topological polar surface area (TPSA) is 84.5 Å². The number of anilines is 1. The molecule has 1 saturated heterocycles. The molecule has 5 rings (SSSR count). The summed E-state index contributed by atoms with van der Waals surface area (Å²) in [7, 11) is -3.71. The Morgan fingerprint density at radius 2 is 1.43 bits per heavy atom. The van der Waals surface area contributed by atoms with E-state index in [2.05, 4.69) is 4.90 Å². The Morgan fingerprint density at radius 3 is 2.11 bits per heavy atom. The van der Waals surface area contributed by atoms with Crippen LogP contribution in [0.25, 0.3) is 0 Å². The molecule has 2 aromatic carbocycles. The van der Waals surface area contributed by atoms with Crippen LogP contribution in [0.2, 0.25) is 5.02 Å². The van der Waals surface area contributed by atoms with Crippen LogP contribution < -0.4 is 4.90 Å². The van der Waals surface area contributed by atoms with Crippen LogP contribution in [0.1, 0.15) is 63.0 Å². The van der Waals surface area contributed by atoms with Gasteiger partial charge in [0.1, 0.15) is 0 Å². The van der Waals surface area contributed by atoms with Crippen molar-refractivity contribution in [1.29, 1.82) is 0 Å². The molecule has 2 aliphatic heterocycles. The Morgan fingerprint density at radius 1 is 0.783 bits per heavy atom. The standard InChI is InChI=1S/C34H52ClN5O4S2/c1-28-24-38(45(41,42)32-16-14-31(15-17-32)36(2)3)21-8-19-37(26-29-10-5-4-6-11-29)20-9-22-39(25-28)46(43,44)40-23-18-33-30(27-40)12-7-13-34(33)35/h7,12-17,28-29H,4-6,8-11,18-27H2,1-3H3/t28-/m0/s1. The van der Waals surface area contributed by atoms with Gasteiger partial charge in [-0.1, -0.05) is 49.9 Å². The summed E-state index contributed by atoms with van der Waals surface area (Å²) >= 11 is 6.43. The van der Waals surface area contributed by atoms with Gasteiger partial charge in [-0.2, -0.15) is 21.3 Å². The maximum absolute atomic E-state index is 14.3. The molecule has 0 N–H and O–H groups in total. The summed E-state index contributed by atoms with van der Waals surface area (Å²) in [5, 5.41) is 0.685. The lowest BCUT2D eigenvalue weighted by Gasteiger charge is -2.36. The van der Waals surface area contributed by atoms with Crippen LogP contribution in [0, 0.1) is 11.8 Å². The van der Waals surface area contributed by atoms with Crippen molar-refractivity contribution in [2.24, 2.45) is 11.8 Å². The van der Waals surface area contributed by atoms with Gasteiger partial charge in [-0.25, -0.2) is 8.42 Å². The zero-order valence-electron chi connectivity index (χ0n) is 27.8. The van der Waals surface area contributed by atoms with E-state index >= 15 is 0 Å². The van der Waals surface area contributed by atoms with Gasteiger partial charge in [0, 0.05) is 70.6 Å². The lowest BCUT2D eigenvalue weighted by Crippen LogP contribution is -2.49. The highest BCUT2D eigenvalue weighted by Crippen LogP contribution is 2.30. The molecule has 0 amide bonds. The van der Waals surface area contributed by atoms with Gasteiger partial charge in [0.05, 0.1) is 4.90 Å². The third-order valence-electron chi connectivity index (χ3n) is 9.85. The first-order chi connectivity index (χ1) is 21.9. The molecular weight excluding hydrogens is 642 g/mol. The van der Waals surface area contributed by atoms with Crippen LogP contribution in [0.15, 0.2) is 47.4 Å². The normalized spacial score (nSPS) is 22.9. The molecule has 0 aromatic heterocycles. The lowest BCUT2D eigenvalue weighted by molar-refractivity contribution is 0.179. The number of benzene rings is 2. The van der Waals surface area contributed by atoms with E-state index in [0.717, 1.165) is 49.3 Å². The average Bonchev–Trinajstić information content (AvgIpc) is 3.03. The average molecular weight is 694 g/mol. The summed E-state index contributed by atoms with van der Waals surface area (Å²) in [5.41, 5.74) is 2.90. The van der Waals surface area contributed by atoms with E-state index in [-0.39, 0.29) is 23.9 Å². The molecule has 3 aliphatic rings. The fraction of sp³-hybridized carbons (Fsp3) is 0.647. The van der Waals surface area contributed by atoms with Crippen LogP contribution in [0.3, 0.4) is 0 Å². The molecular formula is C34H52ClN5O4S2. The fourth-order valence-corrected chi connectivity index (χ4v) is 10.9. The fourth-order valence-electron chi connectivity index (χ4n) is 7.30. The molecule has 1 aliphatic carbocycles. The van der Waals surface area contributed by atoms with Crippen molar-refractivity contribution in [3.63, 3.8) is 0 Å². The maximum atomic E-state index is 14.3. The van der Waals surface area contributed by atoms with E-state index in [9.17, 15) is 16.8 Å². The molecule has 0 bridgehead atoms. The first-order valence-electron chi connectivity index (χ1n) is 17.0. The summed E-state index contributed by atoms with van der Waals surface area (Å²) in [5.74, 6) is 0.451. The molecule has 2 heterocycles. The molecule has 2 fully saturated rings. The highest BCUT2D eigenvalue weighted by molar-refractivity contribution is 7.89. The number of sulfonamides is 1. The van der Waals surface area contributed by atoms with Crippen LogP contribution in [-0.2, 0) is 33.2 Å². The van der Waals surface area contributed by atoms with Crippen molar-refractivity contribution in [3.05, 3.63) is 58.6 Å². The second-order valence-corrected chi connectivity index (χ2v) is 18.0. The Hall–Kier alpha value is -1.73. The summed E-state index contributed by atoms with van der Waals surface area (Å²) in [6.07, 6.45) is 8.37. The zero-order valence-corrected chi connectivity index (χ0v) is 30.2. The molecule has 0 spiro atoms. The third kappa shape index (κ3) is 8.64. The molecule has 12 heteroatoms. The van der Waals surface area contributed by atoms with Crippen molar-refractivity contribution >= 4 is 37.5 Å². The van der Waals surface area contributed by atoms with Crippen LogP contribution in [-0.4, -0.2) is 101 Å². The Labute approximate surface area is 282 Å².